The Morgan fingerprint density at radius 1 is 0.852 bits per heavy atom. The Labute approximate surface area is 167 Å². The van der Waals surface area contributed by atoms with Crippen molar-refractivity contribution in [2.45, 2.75) is 0 Å². The Kier molecular flexibility index (Phi) is 4.75. The van der Waals surface area contributed by atoms with Gasteiger partial charge in [-0.25, -0.2) is 4.68 Å². The molecular formula is C21H16Cl2N4. The minimum Gasteiger partial charge on any atom is -0.399 e. The standard InChI is InChI=1S/C21H16Cl2N4/c22-18-3-1-2-4-20(18)27-12-11-21(26-27)25-16-9-10-17(19(23)13-16)14-5-7-15(24)8-6-14/h1-13H,24H2,(H,25,26). The Hall–Kier alpha value is -2.95. The van der Waals surface area contributed by atoms with E-state index in [1.54, 1.807) is 4.68 Å². The van der Waals surface area contributed by atoms with Gasteiger partial charge in [0.2, 0.25) is 0 Å². The Morgan fingerprint density at radius 3 is 2.37 bits per heavy atom. The number of nitrogens with one attached hydrogen (secondary N) is 1. The number of nitrogens with zero attached hydrogens (tertiary/aromatic N) is 2. The molecule has 0 aliphatic heterocycles. The summed E-state index contributed by atoms with van der Waals surface area (Å²) in [5, 5.41) is 9.07. The van der Waals surface area contributed by atoms with Crippen molar-refractivity contribution in [2.24, 2.45) is 0 Å². The molecule has 0 aliphatic rings. The molecule has 4 aromatic rings. The largest absolute Gasteiger partial charge is 0.399 e. The molecule has 1 aromatic heterocycles. The van der Waals surface area contributed by atoms with Gasteiger partial charge in [0.15, 0.2) is 5.82 Å². The number of nitrogen functional groups attached to an aromatic ring is 1. The number of nitrogens with two attached hydrogens (primary N) is 1. The molecule has 0 aliphatic carbocycles. The fraction of sp³-hybridized carbons (Fsp3) is 0. The first kappa shape index (κ1) is 17.5. The minimum absolute atomic E-state index is 0.642. The van der Waals surface area contributed by atoms with Crippen LogP contribution in [0.2, 0.25) is 10.0 Å². The van der Waals surface area contributed by atoms with Crippen LogP contribution in [0.5, 0.6) is 0 Å². The zero-order chi connectivity index (χ0) is 18.8. The molecule has 3 aromatic carbocycles. The number of hydrogen-bond donors (Lipinski definition) is 2. The zero-order valence-corrected chi connectivity index (χ0v) is 15.7. The van der Waals surface area contributed by atoms with Gasteiger partial charge in [0.1, 0.15) is 0 Å². The van der Waals surface area contributed by atoms with Crippen molar-refractivity contribution >= 4 is 40.4 Å². The van der Waals surface area contributed by atoms with E-state index in [4.69, 9.17) is 28.9 Å². The van der Waals surface area contributed by atoms with E-state index in [0.29, 0.717) is 15.9 Å². The highest BCUT2D eigenvalue weighted by Crippen LogP contribution is 2.31. The van der Waals surface area contributed by atoms with E-state index in [9.17, 15) is 0 Å². The van der Waals surface area contributed by atoms with Gasteiger partial charge < -0.3 is 11.1 Å². The molecule has 4 rings (SSSR count). The molecule has 0 saturated heterocycles. The second-order valence-corrected chi connectivity index (χ2v) is 6.85. The average Bonchev–Trinajstić information content (AvgIpc) is 3.11. The molecule has 3 N–H and O–H groups in total. The molecule has 6 heteroatoms. The molecule has 4 nitrogen and oxygen atoms in total. The van der Waals surface area contributed by atoms with Crippen LogP contribution in [0.1, 0.15) is 0 Å². The van der Waals surface area contributed by atoms with Crippen molar-refractivity contribution in [1.29, 1.82) is 0 Å². The van der Waals surface area contributed by atoms with Crippen LogP contribution in [0, 0.1) is 0 Å². The van der Waals surface area contributed by atoms with Crippen molar-refractivity contribution in [3.05, 3.63) is 89.0 Å². The lowest BCUT2D eigenvalue weighted by atomic mass is 10.0. The summed E-state index contributed by atoms with van der Waals surface area (Å²) in [4.78, 5) is 0. The molecule has 134 valence electrons. The SMILES string of the molecule is Nc1ccc(-c2ccc(Nc3ccn(-c4ccccc4Cl)n3)cc2Cl)cc1. The number of hydrogen-bond acceptors (Lipinski definition) is 3. The third kappa shape index (κ3) is 3.77. The van der Waals surface area contributed by atoms with Crippen molar-refractivity contribution < 1.29 is 0 Å². The van der Waals surface area contributed by atoms with Gasteiger partial charge in [0.05, 0.1) is 15.7 Å². The second-order valence-electron chi connectivity index (χ2n) is 6.04. The number of rotatable bonds is 4. The summed E-state index contributed by atoms with van der Waals surface area (Å²) in [5.41, 5.74) is 10.1. The summed E-state index contributed by atoms with van der Waals surface area (Å²) < 4.78 is 1.73. The molecule has 0 amide bonds. The summed E-state index contributed by atoms with van der Waals surface area (Å²) in [6.45, 7) is 0. The number of halogens is 2. The molecule has 0 bridgehead atoms. The number of para-hydroxylation sites is 1. The summed E-state index contributed by atoms with van der Waals surface area (Å²) >= 11 is 12.7. The third-order valence-electron chi connectivity index (χ3n) is 4.15. The van der Waals surface area contributed by atoms with Crippen molar-refractivity contribution in [3.63, 3.8) is 0 Å². The van der Waals surface area contributed by atoms with Crippen LogP contribution < -0.4 is 11.1 Å². The van der Waals surface area contributed by atoms with Gasteiger partial charge in [-0.15, -0.1) is 0 Å². The van der Waals surface area contributed by atoms with E-state index in [1.165, 1.54) is 0 Å². The van der Waals surface area contributed by atoms with Gasteiger partial charge in [0, 0.05) is 29.2 Å². The lowest BCUT2D eigenvalue weighted by Crippen LogP contribution is -1.97. The molecule has 1 heterocycles. The minimum atomic E-state index is 0.642. The normalized spacial score (nSPS) is 10.7. The maximum absolute atomic E-state index is 6.48. The van der Waals surface area contributed by atoms with Crippen LogP contribution in [-0.2, 0) is 0 Å². The van der Waals surface area contributed by atoms with E-state index in [-0.39, 0.29) is 0 Å². The Balaban J connectivity index is 1.56. The molecular weight excluding hydrogens is 379 g/mol. The summed E-state index contributed by atoms with van der Waals surface area (Å²) in [5.74, 6) is 0.700. The lowest BCUT2D eigenvalue weighted by molar-refractivity contribution is 0.884. The summed E-state index contributed by atoms with van der Waals surface area (Å²) in [6.07, 6.45) is 1.86. The quantitative estimate of drug-likeness (QED) is 0.406. The van der Waals surface area contributed by atoms with Gasteiger partial charge in [-0.3, -0.25) is 0 Å². The van der Waals surface area contributed by atoms with Gasteiger partial charge in [0.25, 0.3) is 0 Å². The van der Waals surface area contributed by atoms with Gasteiger partial charge >= 0.3 is 0 Å². The van der Waals surface area contributed by atoms with Crippen LogP contribution in [0.4, 0.5) is 17.2 Å². The molecule has 0 fully saturated rings. The molecule has 0 unspecified atom stereocenters. The maximum atomic E-state index is 6.48. The predicted molar refractivity (Wildman–Crippen MR) is 113 cm³/mol. The van der Waals surface area contributed by atoms with E-state index in [1.807, 2.05) is 79.0 Å². The first-order valence-electron chi connectivity index (χ1n) is 8.33. The highest BCUT2D eigenvalue weighted by atomic mass is 35.5. The van der Waals surface area contributed by atoms with E-state index in [2.05, 4.69) is 10.4 Å². The topological polar surface area (TPSA) is 55.9 Å². The molecule has 27 heavy (non-hydrogen) atoms. The first-order valence-corrected chi connectivity index (χ1v) is 9.09. The summed E-state index contributed by atoms with van der Waals surface area (Å²) in [6, 6.07) is 22.9. The highest BCUT2D eigenvalue weighted by Gasteiger charge is 2.08. The van der Waals surface area contributed by atoms with E-state index >= 15 is 0 Å². The van der Waals surface area contributed by atoms with Crippen molar-refractivity contribution in [1.82, 2.24) is 9.78 Å². The van der Waals surface area contributed by atoms with Gasteiger partial charge in [-0.1, -0.05) is 53.5 Å². The van der Waals surface area contributed by atoms with E-state index < -0.39 is 0 Å². The predicted octanol–water partition coefficient (Wildman–Crippen LogP) is 6.17. The number of aromatic nitrogens is 2. The molecule has 0 radical (unpaired) electrons. The smallest absolute Gasteiger partial charge is 0.152 e. The highest BCUT2D eigenvalue weighted by molar-refractivity contribution is 6.33. The zero-order valence-electron chi connectivity index (χ0n) is 14.2. The van der Waals surface area contributed by atoms with Gasteiger partial charge in [-0.2, -0.15) is 5.10 Å². The molecule has 0 atom stereocenters. The Bertz CT molecular complexity index is 1090. The fourth-order valence-electron chi connectivity index (χ4n) is 2.80. The average molecular weight is 395 g/mol. The Morgan fingerprint density at radius 2 is 1.63 bits per heavy atom. The monoisotopic (exact) mass is 394 g/mol. The van der Waals surface area contributed by atoms with Crippen LogP contribution in [-0.4, -0.2) is 9.78 Å². The first-order chi connectivity index (χ1) is 13.1. The third-order valence-corrected chi connectivity index (χ3v) is 4.78. The van der Waals surface area contributed by atoms with Crippen LogP contribution in [0.25, 0.3) is 16.8 Å². The number of benzene rings is 3. The van der Waals surface area contributed by atoms with Crippen LogP contribution in [0.3, 0.4) is 0 Å². The number of anilines is 3. The molecule has 0 saturated carbocycles. The van der Waals surface area contributed by atoms with Crippen LogP contribution in [0.15, 0.2) is 79.0 Å². The van der Waals surface area contributed by atoms with Gasteiger partial charge in [-0.05, 0) is 42.0 Å². The lowest BCUT2D eigenvalue weighted by Gasteiger charge is -2.09. The maximum Gasteiger partial charge on any atom is 0.152 e. The second kappa shape index (κ2) is 7.35. The van der Waals surface area contributed by atoms with E-state index in [0.717, 1.165) is 28.2 Å². The van der Waals surface area contributed by atoms with Crippen molar-refractivity contribution in [2.75, 3.05) is 11.1 Å². The van der Waals surface area contributed by atoms with Crippen LogP contribution >= 0.6 is 23.2 Å². The van der Waals surface area contributed by atoms with Crippen molar-refractivity contribution in [3.8, 4) is 16.8 Å². The molecule has 0 spiro atoms. The fourth-order valence-corrected chi connectivity index (χ4v) is 3.31. The summed E-state index contributed by atoms with van der Waals surface area (Å²) in [7, 11) is 0.